The molecular formula is C14H13N3O2S. The predicted molar refractivity (Wildman–Crippen MR) is 77.5 cm³/mol. The second-order valence-electron chi connectivity index (χ2n) is 4.50. The fourth-order valence-corrected chi connectivity index (χ4v) is 3.14. The number of carbonyl (C=O) groups is 2. The van der Waals surface area contributed by atoms with Gasteiger partial charge in [-0.05, 0) is 23.6 Å². The summed E-state index contributed by atoms with van der Waals surface area (Å²) >= 11 is 1.53. The zero-order chi connectivity index (χ0) is 14.1. The van der Waals surface area contributed by atoms with E-state index < -0.39 is 5.91 Å². The van der Waals surface area contributed by atoms with Gasteiger partial charge in [-0.15, -0.1) is 11.3 Å². The number of para-hydroxylation sites is 1. The Labute approximate surface area is 120 Å². The molecule has 1 aliphatic rings. The number of hydrogen-bond acceptors (Lipinski definition) is 4. The van der Waals surface area contributed by atoms with Crippen LogP contribution in [0.2, 0.25) is 0 Å². The van der Waals surface area contributed by atoms with Gasteiger partial charge in [0, 0.05) is 4.88 Å². The minimum absolute atomic E-state index is 0.0554. The van der Waals surface area contributed by atoms with Crippen LogP contribution in [-0.4, -0.2) is 18.4 Å². The van der Waals surface area contributed by atoms with Crippen LogP contribution in [0.3, 0.4) is 0 Å². The summed E-state index contributed by atoms with van der Waals surface area (Å²) in [4.78, 5) is 26.3. The van der Waals surface area contributed by atoms with Crippen LogP contribution in [0, 0.1) is 0 Å². The first kappa shape index (κ1) is 12.7. The fourth-order valence-electron chi connectivity index (χ4n) is 2.35. The lowest BCUT2D eigenvalue weighted by Crippen LogP contribution is -2.49. The molecule has 2 heterocycles. The third kappa shape index (κ3) is 2.14. The van der Waals surface area contributed by atoms with Crippen molar-refractivity contribution in [3.05, 3.63) is 52.2 Å². The van der Waals surface area contributed by atoms with Gasteiger partial charge in [-0.25, -0.2) is 0 Å². The molecule has 3 N–H and O–H groups in total. The van der Waals surface area contributed by atoms with Gasteiger partial charge in [0.05, 0.1) is 17.8 Å². The van der Waals surface area contributed by atoms with Crippen molar-refractivity contribution >= 4 is 28.8 Å². The maximum Gasteiger partial charge on any atom is 0.255 e. The predicted octanol–water partition coefficient (Wildman–Crippen LogP) is 1.48. The van der Waals surface area contributed by atoms with E-state index in [1.807, 2.05) is 34.5 Å². The Bertz CT molecular complexity index is 654. The first-order valence-electron chi connectivity index (χ1n) is 6.15. The van der Waals surface area contributed by atoms with E-state index in [0.29, 0.717) is 5.56 Å². The van der Waals surface area contributed by atoms with Crippen LogP contribution in [0.5, 0.6) is 0 Å². The number of hydrogen-bond donors (Lipinski definition) is 2. The summed E-state index contributed by atoms with van der Waals surface area (Å²) in [5, 5.41) is 4.86. The zero-order valence-electron chi connectivity index (χ0n) is 10.6. The number of rotatable bonds is 3. The summed E-state index contributed by atoms with van der Waals surface area (Å²) in [6.45, 7) is 0.0554. The quantitative estimate of drug-likeness (QED) is 0.898. The molecule has 1 atom stereocenters. The summed E-state index contributed by atoms with van der Waals surface area (Å²) in [6.07, 6.45) is -0.357. The summed E-state index contributed by atoms with van der Waals surface area (Å²) in [5.74, 6) is -0.572. The summed E-state index contributed by atoms with van der Waals surface area (Å²) in [7, 11) is 0. The average molecular weight is 287 g/mol. The van der Waals surface area contributed by atoms with Crippen LogP contribution < -0.4 is 16.0 Å². The van der Waals surface area contributed by atoms with Crippen molar-refractivity contribution in [2.24, 2.45) is 5.73 Å². The number of amides is 2. The van der Waals surface area contributed by atoms with Crippen LogP contribution >= 0.6 is 11.3 Å². The normalized spacial score (nSPS) is 17.5. The molecule has 0 bridgehead atoms. The first-order valence-corrected chi connectivity index (χ1v) is 7.03. The van der Waals surface area contributed by atoms with E-state index in [1.54, 1.807) is 12.1 Å². The molecule has 1 aromatic carbocycles. The average Bonchev–Trinajstić information content (AvgIpc) is 2.95. The third-order valence-electron chi connectivity index (χ3n) is 3.18. The van der Waals surface area contributed by atoms with Crippen molar-refractivity contribution in [2.45, 2.75) is 6.17 Å². The number of carbonyl (C=O) groups excluding carboxylic acids is 2. The van der Waals surface area contributed by atoms with Crippen molar-refractivity contribution in [3.63, 3.8) is 0 Å². The molecule has 0 aliphatic carbocycles. The number of fused-ring (bicyclic) bond motifs is 1. The van der Waals surface area contributed by atoms with E-state index in [2.05, 4.69) is 5.32 Å². The second-order valence-corrected chi connectivity index (χ2v) is 5.48. The molecule has 0 spiro atoms. The van der Waals surface area contributed by atoms with Crippen LogP contribution in [0.1, 0.15) is 21.4 Å². The molecule has 20 heavy (non-hydrogen) atoms. The minimum Gasteiger partial charge on any atom is -0.368 e. The Morgan fingerprint density at radius 3 is 2.80 bits per heavy atom. The van der Waals surface area contributed by atoms with Crippen LogP contribution in [-0.2, 0) is 4.79 Å². The van der Waals surface area contributed by atoms with Gasteiger partial charge in [0.15, 0.2) is 0 Å². The molecule has 0 unspecified atom stereocenters. The maximum atomic E-state index is 12.2. The van der Waals surface area contributed by atoms with Crippen LogP contribution in [0.4, 0.5) is 5.69 Å². The molecule has 2 aromatic rings. The first-order chi connectivity index (χ1) is 9.66. The van der Waals surface area contributed by atoms with Crippen molar-refractivity contribution in [1.29, 1.82) is 0 Å². The zero-order valence-corrected chi connectivity index (χ0v) is 11.4. The summed E-state index contributed by atoms with van der Waals surface area (Å²) in [5.41, 5.74) is 6.63. The highest BCUT2D eigenvalue weighted by atomic mass is 32.1. The van der Waals surface area contributed by atoms with Gasteiger partial charge in [-0.1, -0.05) is 18.2 Å². The second kappa shape index (κ2) is 4.97. The van der Waals surface area contributed by atoms with Crippen molar-refractivity contribution in [1.82, 2.24) is 5.32 Å². The van der Waals surface area contributed by atoms with Crippen molar-refractivity contribution in [2.75, 3.05) is 11.4 Å². The maximum absolute atomic E-state index is 12.2. The van der Waals surface area contributed by atoms with E-state index in [0.717, 1.165) is 10.6 Å². The highest BCUT2D eigenvalue weighted by Gasteiger charge is 2.32. The molecule has 5 nitrogen and oxygen atoms in total. The lowest BCUT2D eigenvalue weighted by molar-refractivity contribution is -0.116. The smallest absolute Gasteiger partial charge is 0.255 e. The number of nitrogens with two attached hydrogens (primary N) is 1. The van der Waals surface area contributed by atoms with Gasteiger partial charge in [-0.3, -0.25) is 9.59 Å². The Hall–Kier alpha value is -2.34. The number of benzene rings is 1. The molecule has 1 aromatic heterocycles. The van der Waals surface area contributed by atoms with E-state index >= 15 is 0 Å². The minimum atomic E-state index is -0.433. The molecule has 3 rings (SSSR count). The molecule has 0 radical (unpaired) electrons. The SMILES string of the molecule is NC(=O)CN1c2ccccc2C(=O)N[C@H]1c1cccs1. The van der Waals surface area contributed by atoms with E-state index in [1.165, 1.54) is 11.3 Å². The Morgan fingerprint density at radius 2 is 2.10 bits per heavy atom. The van der Waals surface area contributed by atoms with Gasteiger partial charge < -0.3 is 16.0 Å². The van der Waals surface area contributed by atoms with E-state index in [9.17, 15) is 9.59 Å². The van der Waals surface area contributed by atoms with Crippen LogP contribution in [0.25, 0.3) is 0 Å². The number of nitrogens with one attached hydrogen (secondary N) is 1. The molecule has 1 aliphatic heterocycles. The summed E-state index contributed by atoms with van der Waals surface area (Å²) in [6, 6.07) is 11.1. The van der Waals surface area contributed by atoms with Crippen LogP contribution in [0.15, 0.2) is 41.8 Å². The Morgan fingerprint density at radius 1 is 1.30 bits per heavy atom. The lowest BCUT2D eigenvalue weighted by atomic mass is 10.1. The van der Waals surface area contributed by atoms with Crippen molar-refractivity contribution < 1.29 is 9.59 Å². The summed E-state index contributed by atoms with van der Waals surface area (Å²) < 4.78 is 0. The molecule has 0 fully saturated rings. The number of thiophene rings is 1. The topological polar surface area (TPSA) is 75.4 Å². The van der Waals surface area contributed by atoms with E-state index in [4.69, 9.17) is 5.73 Å². The number of nitrogens with zero attached hydrogens (tertiary/aromatic N) is 1. The molecule has 102 valence electrons. The van der Waals surface area contributed by atoms with Gasteiger partial charge in [0.2, 0.25) is 5.91 Å². The Balaban J connectivity index is 2.08. The van der Waals surface area contributed by atoms with Gasteiger partial charge in [-0.2, -0.15) is 0 Å². The molecule has 2 amide bonds. The number of anilines is 1. The fraction of sp³-hybridized carbons (Fsp3) is 0.143. The molecule has 6 heteroatoms. The molecule has 0 saturated carbocycles. The number of primary amides is 1. The standard InChI is InChI=1S/C14H13N3O2S/c15-12(18)8-17-10-5-2-1-4-9(10)14(19)16-13(17)11-6-3-7-20-11/h1-7,13H,8H2,(H2,15,18)(H,16,19)/t13-/m1/s1. The molecule has 0 saturated heterocycles. The largest absolute Gasteiger partial charge is 0.368 e. The Kier molecular flexibility index (Phi) is 3.15. The van der Waals surface area contributed by atoms with Gasteiger partial charge in [0.25, 0.3) is 5.91 Å². The van der Waals surface area contributed by atoms with Crippen molar-refractivity contribution in [3.8, 4) is 0 Å². The lowest BCUT2D eigenvalue weighted by Gasteiger charge is -2.37. The highest BCUT2D eigenvalue weighted by Crippen LogP contribution is 2.34. The third-order valence-corrected chi connectivity index (χ3v) is 4.10. The highest BCUT2D eigenvalue weighted by molar-refractivity contribution is 7.10. The van der Waals surface area contributed by atoms with E-state index in [-0.39, 0.29) is 18.6 Å². The monoisotopic (exact) mass is 287 g/mol. The van der Waals surface area contributed by atoms with Gasteiger partial charge in [0.1, 0.15) is 6.17 Å². The molecular weight excluding hydrogens is 274 g/mol. The van der Waals surface area contributed by atoms with Gasteiger partial charge >= 0.3 is 0 Å².